The predicted molar refractivity (Wildman–Crippen MR) is 58.5 cm³/mol. The summed E-state index contributed by atoms with van der Waals surface area (Å²) in [5.74, 6) is -0.0505. The number of hydrogen-bond acceptors (Lipinski definition) is 1. The Labute approximate surface area is 89.3 Å². The van der Waals surface area contributed by atoms with Crippen molar-refractivity contribution in [1.29, 1.82) is 0 Å². The fraction of sp³-hybridized carbons (Fsp3) is 0.364. The molecule has 0 heterocycles. The van der Waals surface area contributed by atoms with Gasteiger partial charge in [-0.3, -0.25) is 4.79 Å². The molecule has 1 N–H and O–H groups in total. The van der Waals surface area contributed by atoms with E-state index in [0.29, 0.717) is 6.54 Å². The Bertz CT molecular complexity index is 274. The third kappa shape index (κ3) is 4.28. The zero-order valence-corrected chi connectivity index (χ0v) is 8.76. The van der Waals surface area contributed by atoms with Gasteiger partial charge in [0.1, 0.15) is 5.88 Å². The van der Waals surface area contributed by atoms with Crippen molar-refractivity contribution in [3.05, 3.63) is 35.9 Å². The molecule has 1 rings (SSSR count). The number of nitrogens with one attached hydrogen (secondary N) is 1. The summed E-state index contributed by atoms with van der Waals surface area (Å²) in [6, 6.07) is 10.2. The molecule has 0 saturated heterocycles. The Morgan fingerprint density at radius 3 is 2.64 bits per heavy atom. The van der Waals surface area contributed by atoms with Crippen molar-refractivity contribution in [1.82, 2.24) is 5.32 Å². The van der Waals surface area contributed by atoms with E-state index >= 15 is 0 Å². The molecule has 1 aromatic carbocycles. The molecular weight excluding hydrogens is 198 g/mol. The summed E-state index contributed by atoms with van der Waals surface area (Å²) in [4.78, 5) is 10.8. The molecule has 0 aromatic heterocycles. The lowest BCUT2D eigenvalue weighted by Gasteiger charge is -2.02. The summed E-state index contributed by atoms with van der Waals surface area (Å²) in [5.41, 5.74) is 1.30. The maximum atomic E-state index is 10.8. The Hall–Kier alpha value is -1.02. The van der Waals surface area contributed by atoms with Gasteiger partial charge in [0.15, 0.2) is 0 Å². The van der Waals surface area contributed by atoms with Crippen molar-refractivity contribution in [2.75, 3.05) is 12.4 Å². The van der Waals surface area contributed by atoms with E-state index in [9.17, 15) is 4.79 Å². The second-order valence-electron chi connectivity index (χ2n) is 3.07. The molecule has 0 spiro atoms. The first-order chi connectivity index (χ1) is 6.83. The van der Waals surface area contributed by atoms with E-state index in [2.05, 4.69) is 17.4 Å². The topological polar surface area (TPSA) is 29.1 Å². The SMILES string of the molecule is O=C(CCl)NCCCc1ccccc1. The van der Waals surface area contributed by atoms with Crippen molar-refractivity contribution < 1.29 is 4.79 Å². The highest BCUT2D eigenvalue weighted by Gasteiger charge is 1.96. The average Bonchev–Trinajstić information content (AvgIpc) is 2.25. The summed E-state index contributed by atoms with van der Waals surface area (Å²) in [5, 5.41) is 2.73. The van der Waals surface area contributed by atoms with Crippen molar-refractivity contribution >= 4 is 17.5 Å². The Kier molecular flexibility index (Phi) is 5.08. The van der Waals surface area contributed by atoms with E-state index in [1.165, 1.54) is 5.56 Å². The normalized spacial score (nSPS) is 9.79. The van der Waals surface area contributed by atoms with Crippen LogP contribution in [0.15, 0.2) is 30.3 Å². The minimum Gasteiger partial charge on any atom is -0.355 e. The van der Waals surface area contributed by atoms with Gasteiger partial charge in [0.25, 0.3) is 0 Å². The number of aryl methyl sites for hydroxylation is 1. The van der Waals surface area contributed by atoms with Crippen molar-refractivity contribution in [3.8, 4) is 0 Å². The number of hydrogen-bond donors (Lipinski definition) is 1. The van der Waals surface area contributed by atoms with Crippen LogP contribution in [-0.2, 0) is 11.2 Å². The zero-order valence-electron chi connectivity index (χ0n) is 8.00. The highest BCUT2D eigenvalue weighted by Crippen LogP contribution is 2.01. The number of halogens is 1. The maximum Gasteiger partial charge on any atom is 0.234 e. The van der Waals surface area contributed by atoms with Crippen molar-refractivity contribution in [2.24, 2.45) is 0 Å². The number of carbonyl (C=O) groups is 1. The van der Waals surface area contributed by atoms with E-state index < -0.39 is 0 Å². The molecular formula is C11H14ClNO. The molecule has 14 heavy (non-hydrogen) atoms. The molecule has 1 amide bonds. The zero-order chi connectivity index (χ0) is 10.2. The van der Waals surface area contributed by atoms with Gasteiger partial charge in [0.2, 0.25) is 5.91 Å². The van der Waals surface area contributed by atoms with Crippen LogP contribution in [0.25, 0.3) is 0 Å². The van der Waals surface area contributed by atoms with E-state index in [0.717, 1.165) is 12.8 Å². The average molecular weight is 212 g/mol. The lowest BCUT2D eigenvalue weighted by atomic mass is 10.1. The molecule has 0 bridgehead atoms. The molecule has 0 fully saturated rings. The van der Waals surface area contributed by atoms with Crippen LogP contribution in [0, 0.1) is 0 Å². The fourth-order valence-corrected chi connectivity index (χ4v) is 1.31. The van der Waals surface area contributed by atoms with Gasteiger partial charge in [0.05, 0.1) is 0 Å². The molecule has 0 aliphatic carbocycles. The standard InChI is InChI=1S/C11H14ClNO/c12-9-11(14)13-8-4-7-10-5-2-1-3-6-10/h1-3,5-6H,4,7-9H2,(H,13,14). The van der Waals surface area contributed by atoms with Gasteiger partial charge in [-0.15, -0.1) is 11.6 Å². The summed E-state index contributed by atoms with van der Waals surface area (Å²) in [6.07, 6.45) is 1.94. The number of alkyl halides is 1. The van der Waals surface area contributed by atoms with Gasteiger partial charge in [-0.1, -0.05) is 30.3 Å². The minimum absolute atomic E-state index is 0.0470. The van der Waals surface area contributed by atoms with Crippen molar-refractivity contribution in [2.45, 2.75) is 12.8 Å². The van der Waals surface area contributed by atoms with Crippen LogP contribution in [0.1, 0.15) is 12.0 Å². The van der Waals surface area contributed by atoms with E-state index in [-0.39, 0.29) is 11.8 Å². The number of amides is 1. The van der Waals surface area contributed by atoms with Gasteiger partial charge in [-0.2, -0.15) is 0 Å². The van der Waals surface area contributed by atoms with E-state index in [1.54, 1.807) is 0 Å². The monoisotopic (exact) mass is 211 g/mol. The van der Waals surface area contributed by atoms with Crippen LogP contribution < -0.4 is 5.32 Å². The lowest BCUT2D eigenvalue weighted by molar-refractivity contribution is -0.118. The van der Waals surface area contributed by atoms with Crippen LogP contribution in [0.4, 0.5) is 0 Å². The van der Waals surface area contributed by atoms with Crippen LogP contribution >= 0.6 is 11.6 Å². The van der Waals surface area contributed by atoms with E-state index in [1.807, 2.05) is 18.2 Å². The first kappa shape index (κ1) is 11.1. The van der Waals surface area contributed by atoms with Crippen molar-refractivity contribution in [3.63, 3.8) is 0 Å². The second kappa shape index (κ2) is 6.44. The molecule has 0 atom stereocenters. The molecule has 0 radical (unpaired) electrons. The number of benzene rings is 1. The molecule has 76 valence electrons. The molecule has 0 aliphatic heterocycles. The molecule has 0 aliphatic rings. The fourth-order valence-electron chi connectivity index (χ4n) is 1.21. The Morgan fingerprint density at radius 2 is 2.00 bits per heavy atom. The Balaban J connectivity index is 2.13. The predicted octanol–water partition coefficient (Wildman–Crippen LogP) is 1.97. The quantitative estimate of drug-likeness (QED) is 0.586. The third-order valence-corrected chi connectivity index (χ3v) is 2.17. The highest BCUT2D eigenvalue weighted by atomic mass is 35.5. The largest absolute Gasteiger partial charge is 0.355 e. The van der Waals surface area contributed by atoms with Crippen LogP contribution in [0.3, 0.4) is 0 Å². The van der Waals surface area contributed by atoms with E-state index in [4.69, 9.17) is 11.6 Å². The van der Waals surface area contributed by atoms with Gasteiger partial charge in [0, 0.05) is 6.54 Å². The van der Waals surface area contributed by atoms with Gasteiger partial charge >= 0.3 is 0 Å². The van der Waals surface area contributed by atoms with Crippen LogP contribution in [0.5, 0.6) is 0 Å². The third-order valence-electron chi connectivity index (χ3n) is 1.93. The smallest absolute Gasteiger partial charge is 0.234 e. The molecule has 0 unspecified atom stereocenters. The number of rotatable bonds is 5. The molecule has 1 aromatic rings. The molecule has 3 heteroatoms. The Morgan fingerprint density at radius 1 is 1.29 bits per heavy atom. The summed E-state index contributed by atoms with van der Waals surface area (Å²) in [7, 11) is 0. The molecule has 0 saturated carbocycles. The van der Waals surface area contributed by atoms with Gasteiger partial charge in [-0.25, -0.2) is 0 Å². The maximum absolute atomic E-state index is 10.8. The second-order valence-corrected chi connectivity index (χ2v) is 3.34. The number of carbonyl (C=O) groups excluding carboxylic acids is 1. The van der Waals surface area contributed by atoms with Crippen LogP contribution in [0.2, 0.25) is 0 Å². The first-order valence-electron chi connectivity index (χ1n) is 4.69. The van der Waals surface area contributed by atoms with Crippen LogP contribution in [-0.4, -0.2) is 18.3 Å². The summed E-state index contributed by atoms with van der Waals surface area (Å²) >= 11 is 5.34. The van der Waals surface area contributed by atoms with Gasteiger partial charge in [-0.05, 0) is 18.4 Å². The molecule has 2 nitrogen and oxygen atoms in total. The first-order valence-corrected chi connectivity index (χ1v) is 5.23. The summed E-state index contributed by atoms with van der Waals surface area (Å²) < 4.78 is 0. The van der Waals surface area contributed by atoms with Gasteiger partial charge < -0.3 is 5.32 Å². The summed E-state index contributed by atoms with van der Waals surface area (Å²) in [6.45, 7) is 0.695. The highest BCUT2D eigenvalue weighted by molar-refractivity contribution is 6.27. The minimum atomic E-state index is -0.0975. The lowest BCUT2D eigenvalue weighted by Crippen LogP contribution is -2.25.